The van der Waals surface area contributed by atoms with Crippen molar-refractivity contribution in [3.63, 3.8) is 0 Å². The molecular formula is C14H19N3O4. The van der Waals surface area contributed by atoms with E-state index in [2.05, 4.69) is 5.10 Å². The molecule has 1 aliphatic rings. The number of likely N-dealkylation sites (tertiary alicyclic amines) is 1. The second-order valence-corrected chi connectivity index (χ2v) is 5.04. The van der Waals surface area contributed by atoms with E-state index in [0.717, 1.165) is 6.42 Å². The molecule has 1 aliphatic heterocycles. The van der Waals surface area contributed by atoms with Gasteiger partial charge in [0, 0.05) is 25.7 Å². The Bertz CT molecular complexity index is 596. The molecule has 1 saturated heterocycles. The molecule has 21 heavy (non-hydrogen) atoms. The lowest BCUT2D eigenvalue weighted by Crippen LogP contribution is -2.33. The average molecular weight is 293 g/mol. The van der Waals surface area contributed by atoms with Crippen molar-refractivity contribution in [2.75, 3.05) is 20.2 Å². The Balaban J connectivity index is 2.12. The number of hydrogen-bond donors (Lipinski definition) is 0. The molecule has 0 bridgehead atoms. The van der Waals surface area contributed by atoms with E-state index in [0.29, 0.717) is 26.1 Å². The number of amides is 1. The summed E-state index contributed by atoms with van der Waals surface area (Å²) < 4.78 is 5.99. The molecular weight excluding hydrogens is 274 g/mol. The van der Waals surface area contributed by atoms with Crippen molar-refractivity contribution in [3.8, 4) is 0 Å². The van der Waals surface area contributed by atoms with Crippen molar-refractivity contribution >= 4 is 11.9 Å². The molecule has 2 heterocycles. The van der Waals surface area contributed by atoms with Crippen molar-refractivity contribution < 1.29 is 14.3 Å². The van der Waals surface area contributed by atoms with Gasteiger partial charge in [-0.3, -0.25) is 14.4 Å². The van der Waals surface area contributed by atoms with Gasteiger partial charge in [-0.25, -0.2) is 4.68 Å². The van der Waals surface area contributed by atoms with E-state index < -0.39 is 0 Å². The summed E-state index contributed by atoms with van der Waals surface area (Å²) in [6.07, 6.45) is 1.35. The second-order valence-electron chi connectivity index (χ2n) is 5.04. The number of aromatic nitrogens is 2. The molecule has 7 nitrogen and oxygen atoms in total. The normalized spacial score (nSPS) is 17.8. The molecule has 0 spiro atoms. The Hall–Kier alpha value is -2.18. The van der Waals surface area contributed by atoms with Crippen LogP contribution >= 0.6 is 0 Å². The largest absolute Gasteiger partial charge is 0.469 e. The number of carbonyl (C=O) groups excluding carboxylic acids is 2. The highest BCUT2D eigenvalue weighted by Gasteiger charge is 2.32. The third-order valence-electron chi connectivity index (χ3n) is 3.53. The lowest BCUT2D eigenvalue weighted by Gasteiger charge is -2.16. The number of esters is 1. The van der Waals surface area contributed by atoms with Gasteiger partial charge in [-0.2, -0.15) is 5.10 Å². The van der Waals surface area contributed by atoms with E-state index in [1.165, 1.54) is 23.9 Å². The number of carbonyl (C=O) groups is 2. The zero-order valence-corrected chi connectivity index (χ0v) is 12.2. The van der Waals surface area contributed by atoms with Gasteiger partial charge in [0.1, 0.15) is 5.69 Å². The van der Waals surface area contributed by atoms with Gasteiger partial charge < -0.3 is 9.64 Å². The maximum Gasteiger partial charge on any atom is 0.310 e. The van der Waals surface area contributed by atoms with Gasteiger partial charge in [-0.15, -0.1) is 0 Å². The topological polar surface area (TPSA) is 81.5 Å². The van der Waals surface area contributed by atoms with Crippen LogP contribution in [-0.4, -0.2) is 46.8 Å². The number of aryl methyl sites for hydroxylation is 1. The van der Waals surface area contributed by atoms with Gasteiger partial charge >= 0.3 is 5.97 Å². The lowest BCUT2D eigenvalue weighted by atomic mass is 10.1. The van der Waals surface area contributed by atoms with Gasteiger partial charge in [0.05, 0.1) is 13.0 Å². The maximum absolute atomic E-state index is 12.4. The average Bonchev–Trinajstić information content (AvgIpc) is 2.98. The predicted octanol–water partition coefficient (Wildman–Crippen LogP) is 0.288. The molecule has 0 aliphatic carbocycles. The number of rotatable bonds is 4. The third kappa shape index (κ3) is 3.29. The zero-order valence-electron chi connectivity index (χ0n) is 12.2. The summed E-state index contributed by atoms with van der Waals surface area (Å²) in [4.78, 5) is 37.0. The summed E-state index contributed by atoms with van der Waals surface area (Å²) >= 11 is 0. The van der Waals surface area contributed by atoms with E-state index in [1.807, 2.05) is 6.92 Å². The minimum atomic E-state index is -0.297. The Labute approximate surface area is 122 Å². The van der Waals surface area contributed by atoms with Crippen LogP contribution in [-0.2, 0) is 16.1 Å². The fourth-order valence-electron chi connectivity index (χ4n) is 2.40. The van der Waals surface area contributed by atoms with Crippen molar-refractivity contribution in [1.29, 1.82) is 0 Å². The smallest absolute Gasteiger partial charge is 0.310 e. The Morgan fingerprint density at radius 1 is 1.43 bits per heavy atom. The lowest BCUT2D eigenvalue weighted by molar-refractivity contribution is -0.144. The molecule has 2 rings (SSSR count). The van der Waals surface area contributed by atoms with Gasteiger partial charge in [-0.05, 0) is 18.9 Å². The summed E-state index contributed by atoms with van der Waals surface area (Å²) in [5.41, 5.74) is 0.0100. The van der Waals surface area contributed by atoms with Crippen LogP contribution in [0.15, 0.2) is 16.9 Å². The van der Waals surface area contributed by atoms with Gasteiger partial charge in [0.25, 0.3) is 11.5 Å². The molecule has 1 aromatic rings. The molecule has 0 radical (unpaired) electrons. The molecule has 0 N–H and O–H groups in total. The SMILES string of the molecule is CCCn1nc(C(=O)N2CCC(C(=O)OC)C2)ccc1=O. The molecule has 114 valence electrons. The first kappa shape index (κ1) is 15.2. The minimum absolute atomic E-state index is 0.220. The maximum atomic E-state index is 12.4. The van der Waals surface area contributed by atoms with Crippen LogP contribution < -0.4 is 5.56 Å². The molecule has 1 fully saturated rings. The summed E-state index contributed by atoms with van der Waals surface area (Å²) in [7, 11) is 1.34. The number of hydrogen-bond acceptors (Lipinski definition) is 5. The molecule has 1 aromatic heterocycles. The van der Waals surface area contributed by atoms with Gasteiger partial charge in [0.15, 0.2) is 0 Å². The fraction of sp³-hybridized carbons (Fsp3) is 0.571. The molecule has 1 unspecified atom stereocenters. The minimum Gasteiger partial charge on any atom is -0.469 e. The van der Waals surface area contributed by atoms with E-state index in [9.17, 15) is 14.4 Å². The van der Waals surface area contributed by atoms with Crippen molar-refractivity contribution in [1.82, 2.24) is 14.7 Å². The number of methoxy groups -OCH3 is 1. The first-order valence-corrected chi connectivity index (χ1v) is 7.02. The van der Waals surface area contributed by atoms with Crippen molar-refractivity contribution in [3.05, 3.63) is 28.2 Å². The highest BCUT2D eigenvalue weighted by Crippen LogP contribution is 2.19. The molecule has 0 aromatic carbocycles. The Morgan fingerprint density at radius 2 is 2.19 bits per heavy atom. The summed E-state index contributed by atoms with van der Waals surface area (Å²) in [5, 5.41) is 4.09. The highest BCUT2D eigenvalue weighted by atomic mass is 16.5. The van der Waals surface area contributed by atoms with E-state index >= 15 is 0 Å². The zero-order chi connectivity index (χ0) is 15.4. The molecule has 0 saturated carbocycles. The first-order valence-electron chi connectivity index (χ1n) is 7.02. The van der Waals surface area contributed by atoms with E-state index in [4.69, 9.17) is 4.74 Å². The van der Waals surface area contributed by atoms with Gasteiger partial charge in [-0.1, -0.05) is 6.92 Å². The van der Waals surface area contributed by atoms with Crippen LogP contribution in [0.25, 0.3) is 0 Å². The quantitative estimate of drug-likeness (QED) is 0.745. The van der Waals surface area contributed by atoms with Crippen LogP contribution in [0.2, 0.25) is 0 Å². The fourth-order valence-corrected chi connectivity index (χ4v) is 2.40. The third-order valence-corrected chi connectivity index (χ3v) is 3.53. The van der Waals surface area contributed by atoms with Crippen molar-refractivity contribution in [2.45, 2.75) is 26.3 Å². The summed E-state index contributed by atoms with van der Waals surface area (Å²) in [6, 6.07) is 2.78. The van der Waals surface area contributed by atoms with Crippen molar-refractivity contribution in [2.24, 2.45) is 5.92 Å². The Morgan fingerprint density at radius 3 is 2.86 bits per heavy atom. The monoisotopic (exact) mass is 293 g/mol. The predicted molar refractivity (Wildman–Crippen MR) is 74.8 cm³/mol. The molecule has 1 atom stereocenters. The first-order chi connectivity index (χ1) is 10.1. The summed E-state index contributed by atoms with van der Waals surface area (Å²) in [6.45, 7) is 3.24. The molecule has 7 heteroatoms. The van der Waals surface area contributed by atoms with Crippen LogP contribution in [0.4, 0.5) is 0 Å². The molecule has 1 amide bonds. The standard InChI is InChI=1S/C14H19N3O4/c1-3-7-17-12(18)5-4-11(15-17)13(19)16-8-6-10(9-16)14(20)21-2/h4-5,10H,3,6-9H2,1-2H3. The van der Waals surface area contributed by atoms with E-state index in [-0.39, 0.29) is 29.0 Å². The second kappa shape index (κ2) is 6.51. The van der Waals surface area contributed by atoms with Crippen LogP contribution in [0.3, 0.4) is 0 Å². The summed E-state index contributed by atoms with van der Waals surface area (Å²) in [5.74, 6) is -0.832. The number of ether oxygens (including phenoxy) is 1. The van der Waals surface area contributed by atoms with E-state index in [1.54, 1.807) is 4.90 Å². The van der Waals surface area contributed by atoms with Crippen LogP contribution in [0.1, 0.15) is 30.3 Å². The van der Waals surface area contributed by atoms with Gasteiger partial charge in [0.2, 0.25) is 0 Å². The highest BCUT2D eigenvalue weighted by molar-refractivity contribution is 5.92. The Kier molecular flexibility index (Phi) is 4.72. The van der Waals surface area contributed by atoms with Crippen LogP contribution in [0, 0.1) is 5.92 Å². The van der Waals surface area contributed by atoms with Crippen LogP contribution in [0.5, 0.6) is 0 Å². The number of nitrogens with zero attached hydrogens (tertiary/aromatic N) is 3.